The smallest absolute Gasteiger partial charge is 0.223 e. The summed E-state index contributed by atoms with van der Waals surface area (Å²) in [6.07, 6.45) is 4.44. The van der Waals surface area contributed by atoms with E-state index in [0.717, 1.165) is 5.56 Å². The van der Waals surface area contributed by atoms with Crippen LogP contribution in [0.2, 0.25) is 0 Å². The molecule has 0 amide bonds. The van der Waals surface area contributed by atoms with Gasteiger partial charge in [-0.2, -0.15) is 0 Å². The van der Waals surface area contributed by atoms with Gasteiger partial charge in [-0.3, -0.25) is 0 Å². The van der Waals surface area contributed by atoms with Crippen molar-refractivity contribution in [2.24, 2.45) is 0 Å². The number of nitrogens with zero attached hydrogens (tertiary/aromatic N) is 2. The number of benzene rings is 1. The van der Waals surface area contributed by atoms with Crippen molar-refractivity contribution in [3.63, 3.8) is 0 Å². The number of rotatable bonds is 5. The van der Waals surface area contributed by atoms with Gasteiger partial charge in [0.15, 0.2) is 0 Å². The Balaban J connectivity index is 2.25. The van der Waals surface area contributed by atoms with Gasteiger partial charge in [0.2, 0.25) is 5.95 Å². The lowest BCUT2D eigenvalue weighted by Gasteiger charge is -2.18. The van der Waals surface area contributed by atoms with Crippen molar-refractivity contribution in [3.8, 4) is 0 Å². The molecular formula is C13H15N3O2S. The third-order valence-corrected chi connectivity index (χ3v) is 3.48. The number of anilines is 1. The van der Waals surface area contributed by atoms with Crippen LogP contribution < -0.4 is 5.32 Å². The third kappa shape index (κ3) is 4.33. The fourth-order valence-electron chi connectivity index (χ4n) is 1.74. The summed E-state index contributed by atoms with van der Waals surface area (Å²) in [6.45, 7) is 0. The van der Waals surface area contributed by atoms with Crippen LogP contribution in [-0.2, 0) is 9.84 Å². The SMILES string of the molecule is CS(=O)(=O)C[C@H](Nc1ncccn1)c1ccccc1. The van der Waals surface area contributed by atoms with Gasteiger partial charge in [-0.05, 0) is 11.6 Å². The molecule has 2 aromatic rings. The first-order valence-electron chi connectivity index (χ1n) is 5.81. The van der Waals surface area contributed by atoms with Gasteiger partial charge in [-0.25, -0.2) is 18.4 Å². The Morgan fingerprint density at radius 3 is 2.32 bits per heavy atom. The first-order chi connectivity index (χ1) is 9.04. The molecule has 0 aliphatic heterocycles. The van der Waals surface area contributed by atoms with Gasteiger partial charge < -0.3 is 5.32 Å². The normalized spacial score (nSPS) is 12.9. The van der Waals surface area contributed by atoms with Crippen LogP contribution in [-0.4, -0.2) is 30.4 Å². The fourth-order valence-corrected chi connectivity index (χ4v) is 2.62. The highest BCUT2D eigenvalue weighted by Crippen LogP contribution is 2.18. The molecule has 0 fully saturated rings. The van der Waals surface area contributed by atoms with E-state index in [1.807, 2.05) is 30.3 Å². The van der Waals surface area contributed by atoms with Crippen LogP contribution in [0, 0.1) is 0 Å². The second-order valence-electron chi connectivity index (χ2n) is 4.27. The summed E-state index contributed by atoms with van der Waals surface area (Å²) >= 11 is 0. The standard InChI is InChI=1S/C13H15N3O2S/c1-19(17,18)10-12(11-6-3-2-4-7-11)16-13-14-8-5-9-15-13/h2-9,12H,10H2,1H3,(H,14,15,16)/t12-/m0/s1. The Bertz CT molecular complexity index is 615. The van der Waals surface area contributed by atoms with E-state index >= 15 is 0 Å². The van der Waals surface area contributed by atoms with Crippen LogP contribution in [0.1, 0.15) is 11.6 Å². The minimum Gasteiger partial charge on any atom is -0.346 e. The van der Waals surface area contributed by atoms with Crippen LogP contribution in [0.5, 0.6) is 0 Å². The number of hydrogen-bond donors (Lipinski definition) is 1. The van der Waals surface area contributed by atoms with Crippen LogP contribution >= 0.6 is 0 Å². The van der Waals surface area contributed by atoms with Gasteiger partial charge in [-0.15, -0.1) is 0 Å². The second-order valence-corrected chi connectivity index (χ2v) is 6.46. The first kappa shape index (κ1) is 13.5. The zero-order chi connectivity index (χ0) is 13.7. The lowest BCUT2D eigenvalue weighted by molar-refractivity contribution is 0.597. The molecule has 0 unspecified atom stereocenters. The third-order valence-electron chi connectivity index (χ3n) is 2.54. The summed E-state index contributed by atoms with van der Waals surface area (Å²) in [6, 6.07) is 10.7. The van der Waals surface area contributed by atoms with Crippen molar-refractivity contribution in [1.82, 2.24) is 9.97 Å². The highest BCUT2D eigenvalue weighted by atomic mass is 32.2. The molecule has 1 aromatic heterocycles. The predicted octanol–water partition coefficient (Wildman–Crippen LogP) is 1.67. The zero-order valence-electron chi connectivity index (χ0n) is 10.5. The van der Waals surface area contributed by atoms with E-state index in [9.17, 15) is 8.42 Å². The summed E-state index contributed by atoms with van der Waals surface area (Å²) in [4.78, 5) is 8.11. The van der Waals surface area contributed by atoms with Gasteiger partial charge in [0.25, 0.3) is 0 Å². The van der Waals surface area contributed by atoms with Gasteiger partial charge >= 0.3 is 0 Å². The molecule has 0 spiro atoms. The van der Waals surface area contributed by atoms with Gasteiger partial charge in [0.1, 0.15) is 9.84 Å². The average molecular weight is 277 g/mol. The zero-order valence-corrected chi connectivity index (χ0v) is 11.3. The number of hydrogen-bond acceptors (Lipinski definition) is 5. The summed E-state index contributed by atoms with van der Waals surface area (Å²) in [5, 5.41) is 3.05. The molecule has 1 heterocycles. The molecule has 1 N–H and O–H groups in total. The van der Waals surface area contributed by atoms with E-state index < -0.39 is 9.84 Å². The molecule has 0 aliphatic carbocycles. The lowest BCUT2D eigenvalue weighted by Crippen LogP contribution is -2.21. The largest absolute Gasteiger partial charge is 0.346 e. The Morgan fingerprint density at radius 1 is 1.11 bits per heavy atom. The highest BCUT2D eigenvalue weighted by molar-refractivity contribution is 7.90. The second kappa shape index (κ2) is 5.79. The Kier molecular flexibility index (Phi) is 4.11. The molecule has 0 saturated heterocycles. The molecule has 100 valence electrons. The number of nitrogens with one attached hydrogen (secondary N) is 1. The van der Waals surface area contributed by atoms with Crippen LogP contribution in [0.4, 0.5) is 5.95 Å². The molecule has 0 saturated carbocycles. The average Bonchev–Trinajstić information content (AvgIpc) is 2.39. The number of aromatic nitrogens is 2. The van der Waals surface area contributed by atoms with Crippen molar-refractivity contribution >= 4 is 15.8 Å². The molecule has 6 heteroatoms. The molecular weight excluding hydrogens is 262 g/mol. The number of sulfone groups is 1. The maximum atomic E-state index is 11.5. The predicted molar refractivity (Wildman–Crippen MR) is 74.5 cm³/mol. The summed E-state index contributed by atoms with van der Waals surface area (Å²) < 4.78 is 23.0. The lowest BCUT2D eigenvalue weighted by atomic mass is 10.1. The Morgan fingerprint density at radius 2 is 1.74 bits per heavy atom. The van der Waals surface area contributed by atoms with E-state index in [2.05, 4.69) is 15.3 Å². The van der Waals surface area contributed by atoms with Crippen LogP contribution in [0.3, 0.4) is 0 Å². The van der Waals surface area contributed by atoms with E-state index in [-0.39, 0.29) is 11.8 Å². The molecule has 0 radical (unpaired) electrons. The van der Waals surface area contributed by atoms with Crippen molar-refractivity contribution in [3.05, 3.63) is 54.4 Å². The monoisotopic (exact) mass is 277 g/mol. The van der Waals surface area contributed by atoms with E-state index in [4.69, 9.17) is 0 Å². The van der Waals surface area contributed by atoms with Crippen LogP contribution in [0.15, 0.2) is 48.8 Å². The van der Waals surface area contributed by atoms with Gasteiger partial charge in [0, 0.05) is 18.6 Å². The Hall–Kier alpha value is -1.95. The van der Waals surface area contributed by atoms with E-state index in [0.29, 0.717) is 5.95 Å². The minimum atomic E-state index is -3.11. The highest BCUT2D eigenvalue weighted by Gasteiger charge is 2.17. The molecule has 0 bridgehead atoms. The van der Waals surface area contributed by atoms with E-state index in [1.165, 1.54) is 6.26 Å². The summed E-state index contributed by atoms with van der Waals surface area (Å²) in [5.74, 6) is 0.412. The quantitative estimate of drug-likeness (QED) is 0.900. The molecule has 19 heavy (non-hydrogen) atoms. The van der Waals surface area contributed by atoms with Crippen molar-refractivity contribution in [2.45, 2.75) is 6.04 Å². The topological polar surface area (TPSA) is 72.0 Å². The fraction of sp³-hybridized carbons (Fsp3) is 0.231. The maximum Gasteiger partial charge on any atom is 0.223 e. The minimum absolute atomic E-state index is 0.00469. The van der Waals surface area contributed by atoms with Gasteiger partial charge in [0.05, 0.1) is 11.8 Å². The molecule has 2 rings (SSSR count). The first-order valence-corrected chi connectivity index (χ1v) is 7.87. The summed E-state index contributed by atoms with van der Waals surface area (Å²) in [7, 11) is -3.11. The van der Waals surface area contributed by atoms with Crippen LogP contribution in [0.25, 0.3) is 0 Å². The molecule has 1 aromatic carbocycles. The van der Waals surface area contributed by atoms with E-state index in [1.54, 1.807) is 18.5 Å². The Labute approximate surface area is 112 Å². The van der Waals surface area contributed by atoms with Crippen molar-refractivity contribution < 1.29 is 8.42 Å². The molecule has 5 nitrogen and oxygen atoms in total. The van der Waals surface area contributed by atoms with Gasteiger partial charge in [-0.1, -0.05) is 30.3 Å². The molecule has 1 atom stereocenters. The van der Waals surface area contributed by atoms with Crippen molar-refractivity contribution in [2.75, 3.05) is 17.3 Å². The summed E-state index contributed by atoms with van der Waals surface area (Å²) in [5.41, 5.74) is 0.889. The van der Waals surface area contributed by atoms with Crippen molar-refractivity contribution in [1.29, 1.82) is 0 Å². The molecule has 0 aliphatic rings. The maximum absolute atomic E-state index is 11.5.